The number of benzene rings is 7. The fourth-order valence-electron chi connectivity index (χ4n) is 9.35. The van der Waals surface area contributed by atoms with Gasteiger partial charge in [0.15, 0.2) is 0 Å². The highest BCUT2D eigenvalue weighted by molar-refractivity contribution is 6.06. The Balaban J connectivity index is 1.05. The highest BCUT2D eigenvalue weighted by Crippen LogP contribution is 2.50. The van der Waals surface area contributed by atoms with Crippen LogP contribution in [0.3, 0.4) is 0 Å². The molecule has 0 heterocycles. The topological polar surface area (TPSA) is 6.48 Å². The van der Waals surface area contributed by atoms with Crippen molar-refractivity contribution in [3.63, 3.8) is 0 Å². The molecule has 0 saturated carbocycles. The first-order valence-corrected chi connectivity index (χ1v) is 20.5. The van der Waals surface area contributed by atoms with Crippen molar-refractivity contribution in [2.45, 2.75) is 32.2 Å². The van der Waals surface area contributed by atoms with Crippen molar-refractivity contribution in [2.75, 3.05) is 9.80 Å². The van der Waals surface area contributed by atoms with Crippen LogP contribution in [-0.4, -0.2) is 6.04 Å². The monoisotopic (exact) mass is 746 g/mol. The van der Waals surface area contributed by atoms with E-state index < -0.39 is 0 Å². The van der Waals surface area contributed by atoms with Gasteiger partial charge in [-0.2, -0.15) is 0 Å². The first-order valence-electron chi connectivity index (χ1n) is 20.5. The number of nitrogens with zero attached hydrogens (tertiary/aromatic N) is 2. The summed E-state index contributed by atoms with van der Waals surface area (Å²) in [5.41, 5.74) is 16.3. The van der Waals surface area contributed by atoms with Gasteiger partial charge in [-0.15, -0.1) is 0 Å². The molecule has 3 aliphatic rings. The molecule has 3 aliphatic carbocycles. The summed E-state index contributed by atoms with van der Waals surface area (Å²) in [5.74, 6) is 0.478. The molecule has 0 fully saturated rings. The Labute approximate surface area is 342 Å². The Morgan fingerprint density at radius 2 is 1.07 bits per heavy atom. The van der Waals surface area contributed by atoms with Gasteiger partial charge in [0.1, 0.15) is 0 Å². The molecule has 0 bridgehead atoms. The first kappa shape index (κ1) is 35.5. The second-order valence-corrected chi connectivity index (χ2v) is 15.7. The summed E-state index contributed by atoms with van der Waals surface area (Å²) in [4.78, 5) is 4.86. The van der Waals surface area contributed by atoms with Crippen molar-refractivity contribution in [3.05, 3.63) is 234 Å². The Morgan fingerprint density at radius 3 is 1.78 bits per heavy atom. The van der Waals surface area contributed by atoms with Crippen LogP contribution in [0.5, 0.6) is 0 Å². The van der Waals surface area contributed by atoms with Gasteiger partial charge in [0.05, 0.1) is 6.04 Å². The van der Waals surface area contributed by atoms with Crippen LogP contribution < -0.4 is 9.80 Å². The summed E-state index contributed by atoms with van der Waals surface area (Å²) < 4.78 is 0. The summed E-state index contributed by atoms with van der Waals surface area (Å²) in [5, 5.41) is 2.57. The number of hydrogen-bond donors (Lipinski definition) is 0. The lowest BCUT2D eigenvalue weighted by atomic mass is 9.69. The zero-order chi connectivity index (χ0) is 39.0. The molecular formula is C56H46N2. The molecule has 10 rings (SSSR count). The minimum absolute atomic E-state index is 0.236. The van der Waals surface area contributed by atoms with E-state index in [2.05, 4.69) is 236 Å². The molecule has 0 amide bonds. The summed E-state index contributed by atoms with van der Waals surface area (Å²) in [6.45, 7) is 4.40. The molecule has 7 aromatic carbocycles. The van der Waals surface area contributed by atoms with Crippen LogP contribution in [0.4, 0.5) is 28.4 Å². The molecule has 58 heavy (non-hydrogen) atoms. The van der Waals surface area contributed by atoms with Crippen molar-refractivity contribution in [1.82, 2.24) is 0 Å². The highest BCUT2D eigenvalue weighted by atomic mass is 15.2. The summed E-state index contributed by atoms with van der Waals surface area (Å²) in [6.07, 6.45) is 21.7. The van der Waals surface area contributed by atoms with Crippen LogP contribution in [0.25, 0.3) is 33.5 Å². The smallest absolute Gasteiger partial charge is 0.0559 e. The minimum atomic E-state index is 0.236. The van der Waals surface area contributed by atoms with E-state index in [4.69, 9.17) is 0 Å². The first-order chi connectivity index (χ1) is 28.6. The third kappa shape index (κ3) is 6.41. The van der Waals surface area contributed by atoms with Crippen LogP contribution in [0.2, 0.25) is 0 Å². The lowest BCUT2D eigenvalue weighted by molar-refractivity contribution is 0.710. The summed E-state index contributed by atoms with van der Waals surface area (Å²) >= 11 is 0. The van der Waals surface area contributed by atoms with Crippen LogP contribution in [0.1, 0.15) is 40.2 Å². The Morgan fingerprint density at radius 1 is 0.483 bits per heavy atom. The predicted molar refractivity (Wildman–Crippen MR) is 248 cm³/mol. The van der Waals surface area contributed by atoms with E-state index in [0.29, 0.717) is 0 Å². The zero-order valence-electron chi connectivity index (χ0n) is 33.0. The van der Waals surface area contributed by atoms with Crippen LogP contribution >= 0.6 is 0 Å². The summed E-state index contributed by atoms with van der Waals surface area (Å²) in [6, 6.07) is 58.2. The third-order valence-electron chi connectivity index (χ3n) is 12.2. The molecule has 0 spiro atoms. The van der Waals surface area contributed by atoms with Gasteiger partial charge in [-0.25, -0.2) is 0 Å². The zero-order valence-corrected chi connectivity index (χ0v) is 33.0. The van der Waals surface area contributed by atoms with E-state index in [1.54, 1.807) is 0 Å². The van der Waals surface area contributed by atoms with Gasteiger partial charge in [-0.05, 0) is 136 Å². The molecule has 7 aromatic rings. The van der Waals surface area contributed by atoms with Crippen molar-refractivity contribution in [1.29, 1.82) is 0 Å². The van der Waals surface area contributed by atoms with E-state index in [0.717, 1.165) is 17.8 Å². The maximum atomic E-state index is 2.50. The third-order valence-corrected chi connectivity index (χ3v) is 12.2. The Kier molecular flexibility index (Phi) is 9.31. The van der Waals surface area contributed by atoms with Gasteiger partial charge in [0.2, 0.25) is 0 Å². The predicted octanol–water partition coefficient (Wildman–Crippen LogP) is 15.0. The second kappa shape index (κ2) is 15.2. The maximum absolute atomic E-state index is 2.50. The Hall–Kier alpha value is -6.90. The van der Waals surface area contributed by atoms with Crippen molar-refractivity contribution in [3.8, 4) is 11.1 Å². The number of rotatable bonds is 8. The van der Waals surface area contributed by atoms with Crippen LogP contribution in [-0.2, 0) is 0 Å². The standard InChI is InChI=1S/C56H46N2/c1-39-17-9-15-27-55(39)57(43-19-5-3-6-20-43)45-33-29-41(30-34-45)51-37-53-50-26-14-12-24-48(50)52(38-54(53)49-25-13-11-23-47(49)51)42-31-35-46(36-32-42)58(44-21-7-4-8-22-44)56-28-16-10-18-40(56)2/h3-21,23-38,44,48,50H,22H2,1-2H3. The number of anilines is 5. The average Bonchev–Trinajstić information content (AvgIpc) is 3.28. The van der Waals surface area contributed by atoms with E-state index in [9.17, 15) is 0 Å². The van der Waals surface area contributed by atoms with Gasteiger partial charge in [0.25, 0.3) is 0 Å². The van der Waals surface area contributed by atoms with E-state index in [-0.39, 0.29) is 17.9 Å². The van der Waals surface area contributed by atoms with Crippen molar-refractivity contribution in [2.24, 2.45) is 5.92 Å². The molecule has 0 N–H and O–H groups in total. The van der Waals surface area contributed by atoms with E-state index in [1.165, 1.54) is 72.4 Å². The summed E-state index contributed by atoms with van der Waals surface area (Å²) in [7, 11) is 0. The number of hydrogen-bond acceptors (Lipinski definition) is 2. The van der Waals surface area contributed by atoms with Gasteiger partial charge in [0, 0.05) is 40.3 Å². The molecule has 280 valence electrons. The van der Waals surface area contributed by atoms with E-state index >= 15 is 0 Å². The lowest BCUT2D eigenvalue weighted by Crippen LogP contribution is -2.30. The van der Waals surface area contributed by atoms with E-state index in [1.807, 2.05) is 0 Å². The van der Waals surface area contributed by atoms with Crippen LogP contribution in [0.15, 0.2) is 206 Å². The largest absolute Gasteiger partial charge is 0.334 e. The number of para-hydroxylation sites is 3. The highest BCUT2D eigenvalue weighted by Gasteiger charge is 2.32. The quantitative estimate of drug-likeness (QED) is 0.153. The van der Waals surface area contributed by atoms with Gasteiger partial charge < -0.3 is 9.80 Å². The molecule has 0 aliphatic heterocycles. The van der Waals surface area contributed by atoms with Crippen molar-refractivity contribution >= 4 is 50.9 Å². The van der Waals surface area contributed by atoms with Gasteiger partial charge >= 0.3 is 0 Å². The fourth-order valence-corrected chi connectivity index (χ4v) is 9.35. The lowest BCUT2D eigenvalue weighted by Gasteiger charge is -2.35. The maximum Gasteiger partial charge on any atom is 0.0559 e. The number of aryl methyl sites for hydroxylation is 2. The minimum Gasteiger partial charge on any atom is -0.334 e. The molecule has 0 radical (unpaired) electrons. The number of allylic oxidation sites excluding steroid dienone is 7. The van der Waals surface area contributed by atoms with Gasteiger partial charge in [-0.3, -0.25) is 0 Å². The molecular weight excluding hydrogens is 701 g/mol. The van der Waals surface area contributed by atoms with Gasteiger partial charge in [-0.1, -0.05) is 152 Å². The SMILES string of the molecule is Cc1ccccc1N(c1ccccc1)c1ccc(-c2cc3c(c4ccccc24)C=C(c2ccc(N(c4ccccc4C)C4C=CC=CC4)cc2)C2C=CC=CC32)cc1. The second-order valence-electron chi connectivity index (χ2n) is 15.7. The molecule has 0 saturated heterocycles. The normalized spacial score (nSPS) is 17.8. The molecule has 2 nitrogen and oxygen atoms in total. The molecule has 3 unspecified atom stereocenters. The Bertz CT molecular complexity index is 2780. The van der Waals surface area contributed by atoms with Crippen molar-refractivity contribution < 1.29 is 0 Å². The number of fused-ring (bicyclic) bond motifs is 5. The molecule has 3 atom stereocenters. The average molecular weight is 747 g/mol. The van der Waals surface area contributed by atoms with Crippen LogP contribution in [0, 0.1) is 19.8 Å². The fraction of sp³-hybridized carbons (Fsp3) is 0.107. The molecule has 0 aromatic heterocycles. The molecule has 2 heteroatoms.